The van der Waals surface area contributed by atoms with E-state index in [2.05, 4.69) is 0 Å². The zero-order chi connectivity index (χ0) is 13.2. The van der Waals surface area contributed by atoms with E-state index in [1.54, 1.807) is 0 Å². The van der Waals surface area contributed by atoms with Crippen molar-refractivity contribution in [2.75, 3.05) is 19.8 Å². The Morgan fingerprint density at radius 2 is 1.50 bits per heavy atom. The van der Waals surface area contributed by atoms with Crippen LogP contribution >= 0.6 is 0 Å². The molecule has 6 heteroatoms. The minimum atomic E-state index is -0.771. The Kier molecular flexibility index (Phi) is 7.44. The lowest BCUT2D eigenvalue weighted by Crippen LogP contribution is -2.38. The number of hydrogen-bond acceptors (Lipinski definition) is 5. The molecule has 0 N–H and O–H groups in total. The summed E-state index contributed by atoms with van der Waals surface area (Å²) in [6, 6.07) is 7.44. The summed E-state index contributed by atoms with van der Waals surface area (Å²) in [7, 11) is -0.771. The molecule has 0 amide bonds. The molecule has 0 saturated heterocycles. The highest BCUT2D eigenvalue weighted by Gasteiger charge is 2.28. The Balaban J connectivity index is 2.81. The van der Waals surface area contributed by atoms with Gasteiger partial charge < -0.3 is 4.74 Å². The van der Waals surface area contributed by atoms with Crippen LogP contribution in [0.25, 0.3) is 0 Å². The van der Waals surface area contributed by atoms with Crippen LogP contribution < -0.4 is 10.2 Å². The fourth-order valence-corrected chi connectivity index (χ4v) is 1.34. The van der Waals surface area contributed by atoms with Gasteiger partial charge in [-0.05, 0) is 26.8 Å². The SMILES string of the molecule is CCOOB(OOCC)c1ccccc1OCC. The van der Waals surface area contributed by atoms with Gasteiger partial charge >= 0.3 is 7.12 Å². The van der Waals surface area contributed by atoms with Crippen LogP contribution in [-0.4, -0.2) is 26.9 Å². The van der Waals surface area contributed by atoms with E-state index in [1.807, 2.05) is 45.0 Å². The number of rotatable bonds is 9. The summed E-state index contributed by atoms with van der Waals surface area (Å²) < 4.78 is 5.51. The van der Waals surface area contributed by atoms with Crippen molar-refractivity contribution in [3.05, 3.63) is 24.3 Å². The predicted octanol–water partition coefficient (Wildman–Crippen LogP) is 1.72. The molecule has 0 aliphatic rings. The molecule has 18 heavy (non-hydrogen) atoms. The minimum Gasteiger partial charge on any atom is -0.494 e. The molecule has 0 radical (unpaired) electrons. The first kappa shape index (κ1) is 15.0. The Morgan fingerprint density at radius 3 is 2.06 bits per heavy atom. The molecule has 0 bridgehead atoms. The number of ether oxygens (including phenoxy) is 1. The Bertz CT molecular complexity index is 326. The monoisotopic (exact) mass is 254 g/mol. The Hall–Kier alpha value is -1.08. The van der Waals surface area contributed by atoms with Crippen LogP contribution in [-0.2, 0) is 19.4 Å². The number of hydrogen-bond donors (Lipinski definition) is 0. The molecule has 1 aromatic carbocycles. The summed E-state index contributed by atoms with van der Waals surface area (Å²) >= 11 is 0. The van der Waals surface area contributed by atoms with Gasteiger partial charge in [-0.1, -0.05) is 18.2 Å². The lowest BCUT2D eigenvalue weighted by atomic mass is 9.79. The first-order chi connectivity index (χ1) is 8.83. The van der Waals surface area contributed by atoms with Crippen molar-refractivity contribution in [2.45, 2.75) is 20.8 Å². The molecule has 0 atom stereocenters. The molecular weight excluding hydrogens is 235 g/mol. The van der Waals surface area contributed by atoms with Gasteiger partial charge in [0.05, 0.1) is 19.8 Å². The van der Waals surface area contributed by atoms with E-state index in [1.165, 1.54) is 0 Å². The molecule has 100 valence electrons. The first-order valence-electron chi connectivity index (χ1n) is 6.11. The van der Waals surface area contributed by atoms with Crippen LogP contribution in [0.4, 0.5) is 0 Å². The highest BCUT2D eigenvalue weighted by molar-refractivity contribution is 6.61. The van der Waals surface area contributed by atoms with Crippen molar-refractivity contribution in [2.24, 2.45) is 0 Å². The molecule has 0 spiro atoms. The third-order valence-electron chi connectivity index (χ3n) is 2.02. The highest BCUT2D eigenvalue weighted by Crippen LogP contribution is 2.09. The summed E-state index contributed by atoms with van der Waals surface area (Å²) in [5.41, 5.74) is 0.723. The summed E-state index contributed by atoms with van der Waals surface area (Å²) in [4.78, 5) is 20.1. The maximum Gasteiger partial charge on any atom is 0.558 e. The number of benzene rings is 1. The maximum atomic E-state index is 5.51. The highest BCUT2D eigenvalue weighted by atomic mass is 17.3. The van der Waals surface area contributed by atoms with Crippen LogP contribution in [0.15, 0.2) is 24.3 Å². The second kappa shape index (κ2) is 8.94. The van der Waals surface area contributed by atoms with Gasteiger partial charge in [0.25, 0.3) is 0 Å². The van der Waals surface area contributed by atoms with Crippen molar-refractivity contribution in [3.8, 4) is 5.75 Å². The zero-order valence-electron chi connectivity index (χ0n) is 11.0. The second-order valence-corrected chi connectivity index (χ2v) is 3.31. The molecule has 5 nitrogen and oxygen atoms in total. The molecule has 1 rings (SSSR count). The Labute approximate surface area is 108 Å². The van der Waals surface area contributed by atoms with Crippen molar-refractivity contribution < 1.29 is 24.1 Å². The van der Waals surface area contributed by atoms with Gasteiger partial charge in [-0.25, -0.2) is 9.78 Å². The third-order valence-corrected chi connectivity index (χ3v) is 2.02. The lowest BCUT2D eigenvalue weighted by Gasteiger charge is -2.15. The van der Waals surface area contributed by atoms with Crippen LogP contribution in [0.3, 0.4) is 0 Å². The summed E-state index contributed by atoms with van der Waals surface area (Å²) in [5.74, 6) is 0.685. The van der Waals surface area contributed by atoms with Gasteiger partial charge in [0.2, 0.25) is 0 Å². The smallest absolute Gasteiger partial charge is 0.494 e. The molecule has 0 unspecified atom stereocenters. The van der Waals surface area contributed by atoms with Crippen LogP contribution in [0.1, 0.15) is 20.8 Å². The van der Waals surface area contributed by atoms with E-state index < -0.39 is 7.12 Å². The van der Waals surface area contributed by atoms with E-state index in [0.29, 0.717) is 25.6 Å². The largest absolute Gasteiger partial charge is 0.558 e. The van der Waals surface area contributed by atoms with Crippen LogP contribution in [0, 0.1) is 0 Å². The number of para-hydroxylation sites is 1. The Morgan fingerprint density at radius 1 is 0.889 bits per heavy atom. The van der Waals surface area contributed by atoms with Gasteiger partial charge in [-0.3, -0.25) is 9.61 Å². The van der Waals surface area contributed by atoms with Crippen molar-refractivity contribution >= 4 is 12.6 Å². The minimum absolute atomic E-state index is 0.419. The molecule has 0 aliphatic heterocycles. The molecule has 0 aliphatic carbocycles. The molecule has 0 saturated carbocycles. The summed E-state index contributed by atoms with van der Waals surface area (Å²) in [5, 5.41) is 0. The van der Waals surface area contributed by atoms with Gasteiger partial charge in [-0.15, -0.1) is 0 Å². The van der Waals surface area contributed by atoms with E-state index in [0.717, 1.165) is 5.46 Å². The van der Waals surface area contributed by atoms with Crippen LogP contribution in [0.5, 0.6) is 5.75 Å². The normalized spacial score (nSPS) is 10.4. The fraction of sp³-hybridized carbons (Fsp3) is 0.500. The van der Waals surface area contributed by atoms with Crippen molar-refractivity contribution in [3.63, 3.8) is 0 Å². The van der Waals surface area contributed by atoms with Crippen LogP contribution in [0.2, 0.25) is 0 Å². The maximum absolute atomic E-state index is 5.51. The van der Waals surface area contributed by atoms with E-state index in [-0.39, 0.29) is 0 Å². The molecular formula is C12H19BO5. The van der Waals surface area contributed by atoms with E-state index in [4.69, 9.17) is 24.1 Å². The fourth-order valence-electron chi connectivity index (χ4n) is 1.34. The molecule has 0 fully saturated rings. The zero-order valence-corrected chi connectivity index (χ0v) is 11.0. The summed E-state index contributed by atoms with van der Waals surface area (Å²) in [6.07, 6.45) is 0. The topological polar surface area (TPSA) is 46.2 Å². The molecule has 0 heterocycles. The third kappa shape index (κ3) is 4.66. The first-order valence-corrected chi connectivity index (χ1v) is 6.11. The second-order valence-electron chi connectivity index (χ2n) is 3.31. The van der Waals surface area contributed by atoms with Crippen molar-refractivity contribution in [1.82, 2.24) is 0 Å². The van der Waals surface area contributed by atoms with E-state index in [9.17, 15) is 0 Å². The van der Waals surface area contributed by atoms with Gasteiger partial charge in [0, 0.05) is 5.46 Å². The van der Waals surface area contributed by atoms with Gasteiger partial charge in [0.1, 0.15) is 5.75 Å². The predicted molar refractivity (Wildman–Crippen MR) is 68.4 cm³/mol. The van der Waals surface area contributed by atoms with Gasteiger partial charge in [-0.2, -0.15) is 0 Å². The molecule has 0 aromatic heterocycles. The van der Waals surface area contributed by atoms with Crippen molar-refractivity contribution in [1.29, 1.82) is 0 Å². The standard InChI is InChI=1S/C12H19BO5/c1-4-14-12-10-8-7-9-11(12)13(17-15-5-2)18-16-6-3/h7-10H,4-6H2,1-3H3. The quantitative estimate of drug-likeness (QED) is 0.381. The molecule has 1 aromatic rings. The summed E-state index contributed by atoms with van der Waals surface area (Å²) in [6.45, 7) is 6.97. The van der Waals surface area contributed by atoms with E-state index >= 15 is 0 Å². The van der Waals surface area contributed by atoms with Gasteiger partial charge in [0.15, 0.2) is 0 Å². The average molecular weight is 254 g/mol. The lowest BCUT2D eigenvalue weighted by molar-refractivity contribution is -0.275. The average Bonchev–Trinajstić information content (AvgIpc) is 2.40.